The molecular weight excluding hydrogens is 476 g/mol. The molecule has 0 saturated heterocycles. The van der Waals surface area contributed by atoms with Gasteiger partial charge in [0.15, 0.2) is 0 Å². The van der Waals surface area contributed by atoms with Crippen molar-refractivity contribution in [1.29, 1.82) is 0 Å². The third-order valence-corrected chi connectivity index (χ3v) is 5.38. The molecule has 2 aromatic carbocycles. The van der Waals surface area contributed by atoms with Gasteiger partial charge in [0.25, 0.3) is 11.5 Å². The summed E-state index contributed by atoms with van der Waals surface area (Å²) in [5.41, 5.74) is 1.94. The zero-order valence-electron chi connectivity index (χ0n) is 20.5. The first-order valence-electron chi connectivity index (χ1n) is 10.8. The van der Waals surface area contributed by atoms with Crippen molar-refractivity contribution in [1.82, 2.24) is 14.5 Å². The van der Waals surface area contributed by atoms with Crippen LogP contribution in [0.15, 0.2) is 46.1 Å². The Morgan fingerprint density at radius 3 is 2.19 bits per heavy atom. The molecule has 0 bridgehead atoms. The van der Waals surface area contributed by atoms with Crippen LogP contribution in [0.25, 0.3) is 11.1 Å². The Balaban J connectivity index is 0.000000269. The van der Waals surface area contributed by atoms with E-state index in [0.29, 0.717) is 11.3 Å². The van der Waals surface area contributed by atoms with Crippen molar-refractivity contribution >= 4 is 11.9 Å². The molecule has 11 heteroatoms. The van der Waals surface area contributed by atoms with E-state index in [9.17, 15) is 28.0 Å². The highest BCUT2D eigenvalue weighted by atomic mass is 19.1. The molecule has 0 unspecified atom stereocenters. The predicted octanol–water partition coefficient (Wildman–Crippen LogP) is 2.41. The summed E-state index contributed by atoms with van der Waals surface area (Å²) in [4.78, 5) is 45.4. The Morgan fingerprint density at radius 1 is 1.06 bits per heavy atom. The number of methoxy groups -OCH3 is 1. The summed E-state index contributed by atoms with van der Waals surface area (Å²) in [5.74, 6) is -3.74. The Hall–Kier alpha value is -4.28. The molecule has 2 N–H and O–H groups in total. The van der Waals surface area contributed by atoms with Gasteiger partial charge in [0.2, 0.25) is 0 Å². The van der Waals surface area contributed by atoms with Gasteiger partial charge >= 0.3 is 11.7 Å². The van der Waals surface area contributed by atoms with Crippen molar-refractivity contribution in [3.63, 3.8) is 0 Å². The first-order chi connectivity index (χ1) is 16.9. The first kappa shape index (κ1) is 28.0. The highest BCUT2D eigenvalue weighted by molar-refractivity contribution is 5.96. The van der Waals surface area contributed by atoms with Crippen LogP contribution in [0.3, 0.4) is 0 Å². The van der Waals surface area contributed by atoms with Crippen LogP contribution in [-0.4, -0.2) is 39.8 Å². The summed E-state index contributed by atoms with van der Waals surface area (Å²) >= 11 is 0. The number of aliphatic carboxylic acids is 1. The second kappa shape index (κ2) is 11.9. The molecule has 0 aliphatic rings. The summed E-state index contributed by atoms with van der Waals surface area (Å²) in [6.07, 6.45) is 2.38. The number of benzene rings is 2. The minimum absolute atomic E-state index is 0.317. The van der Waals surface area contributed by atoms with E-state index in [1.807, 2.05) is 31.3 Å². The highest BCUT2D eigenvalue weighted by Crippen LogP contribution is 2.33. The van der Waals surface area contributed by atoms with Gasteiger partial charge in [-0.1, -0.05) is 25.1 Å². The second-order valence-corrected chi connectivity index (χ2v) is 7.77. The van der Waals surface area contributed by atoms with Crippen LogP contribution in [0.4, 0.5) is 8.78 Å². The van der Waals surface area contributed by atoms with Gasteiger partial charge in [0.1, 0.15) is 29.5 Å². The number of nitrogens with zero attached hydrogens (tertiary/aromatic N) is 2. The van der Waals surface area contributed by atoms with E-state index >= 15 is 0 Å². The molecule has 1 amide bonds. The molecule has 0 saturated carbocycles. The van der Waals surface area contributed by atoms with Crippen molar-refractivity contribution in [2.45, 2.75) is 20.3 Å². The predicted molar refractivity (Wildman–Crippen MR) is 129 cm³/mol. The van der Waals surface area contributed by atoms with Gasteiger partial charge < -0.3 is 19.7 Å². The van der Waals surface area contributed by atoms with Gasteiger partial charge in [0.05, 0.1) is 12.7 Å². The zero-order valence-corrected chi connectivity index (χ0v) is 20.5. The number of carboxylic acid groups (broad SMARTS) is 1. The molecule has 1 aromatic heterocycles. The molecule has 0 aliphatic heterocycles. The minimum atomic E-state index is -1.29. The zero-order chi connectivity index (χ0) is 27.2. The van der Waals surface area contributed by atoms with Gasteiger partial charge in [-0.3, -0.25) is 19.0 Å². The van der Waals surface area contributed by atoms with Crippen molar-refractivity contribution in [2.75, 3.05) is 13.7 Å². The van der Waals surface area contributed by atoms with Gasteiger partial charge in [0, 0.05) is 25.9 Å². The van der Waals surface area contributed by atoms with Gasteiger partial charge in [-0.15, -0.1) is 0 Å². The summed E-state index contributed by atoms with van der Waals surface area (Å²) in [6.45, 7) is 3.38. The molecular formula is C25H27F2N3O6. The van der Waals surface area contributed by atoms with Crippen LogP contribution in [0, 0.1) is 18.6 Å². The largest absolute Gasteiger partial charge is 0.496 e. The van der Waals surface area contributed by atoms with Crippen LogP contribution in [0.2, 0.25) is 0 Å². The molecule has 9 nitrogen and oxygen atoms in total. The number of carbonyl (C=O) groups is 2. The molecule has 0 atom stereocenters. The molecule has 0 aliphatic carbocycles. The lowest BCUT2D eigenvalue weighted by atomic mass is 9.98. The molecule has 36 heavy (non-hydrogen) atoms. The maximum Gasteiger partial charge on any atom is 0.330 e. The molecule has 3 rings (SSSR count). The number of nitrogens with one attached hydrogen (secondary N) is 1. The number of rotatable bonds is 6. The van der Waals surface area contributed by atoms with Gasteiger partial charge in [-0.25, -0.2) is 13.6 Å². The number of hydrogen-bond acceptors (Lipinski definition) is 5. The molecule has 0 spiro atoms. The number of halogens is 2. The smallest absolute Gasteiger partial charge is 0.330 e. The Labute approximate surface area is 205 Å². The summed E-state index contributed by atoms with van der Waals surface area (Å²) in [7, 11) is 4.71. The lowest BCUT2D eigenvalue weighted by Crippen LogP contribution is -2.37. The normalized spacial score (nSPS) is 10.3. The van der Waals surface area contributed by atoms with Crippen LogP contribution < -0.4 is 21.3 Å². The number of carboxylic acids is 1. The van der Waals surface area contributed by atoms with Crippen molar-refractivity contribution in [3.05, 3.63) is 85.7 Å². The summed E-state index contributed by atoms with van der Waals surface area (Å²) < 4.78 is 34.0. The molecule has 0 fully saturated rings. The van der Waals surface area contributed by atoms with E-state index in [0.717, 1.165) is 45.9 Å². The fraction of sp³-hybridized carbons (Fsp3) is 0.280. The van der Waals surface area contributed by atoms with E-state index < -0.39 is 35.6 Å². The number of carbonyl (C=O) groups excluding carboxylic acids is 1. The maximum atomic E-state index is 13.0. The van der Waals surface area contributed by atoms with E-state index in [1.54, 1.807) is 20.4 Å². The van der Waals surface area contributed by atoms with E-state index in [4.69, 9.17) is 9.84 Å². The van der Waals surface area contributed by atoms with E-state index in [2.05, 4.69) is 0 Å². The van der Waals surface area contributed by atoms with Gasteiger partial charge in [-0.05, 0) is 36.6 Å². The fourth-order valence-corrected chi connectivity index (χ4v) is 3.56. The van der Waals surface area contributed by atoms with Crippen LogP contribution in [-0.2, 0) is 25.3 Å². The quantitative estimate of drug-likeness (QED) is 0.533. The van der Waals surface area contributed by atoms with Gasteiger partial charge in [-0.2, -0.15) is 0 Å². The molecule has 3 aromatic rings. The van der Waals surface area contributed by atoms with Crippen molar-refractivity contribution in [3.8, 4) is 16.9 Å². The number of aromatic nitrogens is 2. The Kier molecular flexibility index (Phi) is 9.25. The maximum absolute atomic E-state index is 13.0. The lowest BCUT2D eigenvalue weighted by molar-refractivity contribution is -0.135. The topological polar surface area (TPSA) is 120 Å². The molecule has 192 valence electrons. The summed E-state index contributed by atoms with van der Waals surface area (Å²) in [6, 6.07) is 6.78. The molecule has 0 radical (unpaired) electrons. The summed E-state index contributed by atoms with van der Waals surface area (Å²) in [5, 5.41) is 10.1. The Morgan fingerprint density at radius 2 is 1.67 bits per heavy atom. The average molecular weight is 504 g/mol. The van der Waals surface area contributed by atoms with Crippen molar-refractivity contribution < 1.29 is 28.2 Å². The number of amides is 1. The monoisotopic (exact) mass is 503 g/mol. The molecule has 1 heterocycles. The minimum Gasteiger partial charge on any atom is -0.496 e. The van der Waals surface area contributed by atoms with Crippen LogP contribution >= 0.6 is 0 Å². The first-order valence-corrected chi connectivity index (χ1v) is 10.8. The number of ether oxygens (including phenoxy) is 1. The highest BCUT2D eigenvalue weighted by Gasteiger charge is 2.18. The SMILES string of the molecule is CCc1c(C)ccc(-c2cn(C)c(=O)n(C)c2=O)c1OC.O=C(O)CNC(=O)c1c(F)cccc1F. The number of aryl methyl sites for hydroxylation is 2. The second-order valence-electron chi connectivity index (χ2n) is 7.77. The fourth-order valence-electron chi connectivity index (χ4n) is 3.56. The van der Waals surface area contributed by atoms with Crippen molar-refractivity contribution in [2.24, 2.45) is 14.1 Å². The Bertz CT molecular complexity index is 1390. The number of hydrogen-bond donors (Lipinski definition) is 2. The van der Waals surface area contributed by atoms with E-state index in [1.165, 1.54) is 11.6 Å². The van der Waals surface area contributed by atoms with E-state index in [-0.39, 0.29) is 11.2 Å². The third-order valence-electron chi connectivity index (χ3n) is 5.38. The third kappa shape index (κ3) is 6.04. The lowest BCUT2D eigenvalue weighted by Gasteiger charge is -2.16. The van der Waals surface area contributed by atoms with Crippen LogP contribution in [0.1, 0.15) is 28.4 Å². The standard InChI is InChI=1S/C16H20N2O3.C9H7F2NO3/c1-6-11-10(2)7-8-12(14(11)21-5)13-9-17(3)16(20)18(4)15(13)19;10-5-2-1-3-6(11)8(5)9(15)12-4-7(13)14/h7-9H,6H2,1-5H3;1-3H,4H2,(H,12,15)(H,13,14). The average Bonchev–Trinajstić information content (AvgIpc) is 2.83. The van der Waals surface area contributed by atoms with Crippen LogP contribution in [0.5, 0.6) is 5.75 Å².